The van der Waals surface area contributed by atoms with Gasteiger partial charge >= 0.3 is 6.03 Å². The lowest BCUT2D eigenvalue weighted by atomic mass is 10.2. The van der Waals surface area contributed by atoms with E-state index >= 15 is 0 Å². The number of hydrazine groups is 1. The van der Waals surface area contributed by atoms with E-state index < -0.39 is 0 Å². The third-order valence-electron chi connectivity index (χ3n) is 2.87. The van der Waals surface area contributed by atoms with Crippen molar-refractivity contribution in [1.29, 1.82) is 0 Å². The molecule has 0 aliphatic heterocycles. The van der Waals surface area contributed by atoms with E-state index in [-0.39, 0.29) is 6.03 Å². The molecule has 0 radical (unpaired) electrons. The van der Waals surface area contributed by atoms with Crippen LogP contribution < -0.4 is 16.2 Å². The molecule has 3 N–H and O–H groups in total. The first-order chi connectivity index (χ1) is 10.3. The van der Waals surface area contributed by atoms with Crippen molar-refractivity contribution in [3.05, 3.63) is 60.2 Å². The first-order valence-electron chi connectivity index (χ1n) is 6.50. The fourth-order valence-corrected chi connectivity index (χ4v) is 2.68. The van der Waals surface area contributed by atoms with Crippen molar-refractivity contribution in [1.82, 2.24) is 15.7 Å². The summed E-state index contributed by atoms with van der Waals surface area (Å²) in [7, 11) is 0. The van der Waals surface area contributed by atoms with Crippen LogP contribution in [0.15, 0.2) is 54.6 Å². The summed E-state index contributed by atoms with van der Waals surface area (Å²) >= 11 is 1.49. The molecule has 1 heterocycles. The number of fused-ring (bicyclic) bond motifs is 1. The summed E-state index contributed by atoms with van der Waals surface area (Å²) in [4.78, 5) is 16.1. The largest absolute Gasteiger partial charge is 0.333 e. The van der Waals surface area contributed by atoms with Crippen LogP contribution in [0.5, 0.6) is 0 Å². The Hall–Kier alpha value is -2.60. The lowest BCUT2D eigenvalue weighted by molar-refractivity contribution is 0.242. The van der Waals surface area contributed by atoms with Crippen molar-refractivity contribution in [2.75, 3.05) is 5.43 Å². The molecule has 106 valence electrons. The molecule has 2 aromatic carbocycles. The number of anilines is 1. The average molecular weight is 298 g/mol. The Bertz CT molecular complexity index is 709. The number of nitrogens with zero attached hydrogens (tertiary/aromatic N) is 1. The molecule has 0 aliphatic carbocycles. The predicted octanol–water partition coefficient (Wildman–Crippen LogP) is 3.12. The SMILES string of the molecule is O=C(NCc1ccccc1)NNc1nc2ccccc2s1. The number of amides is 2. The van der Waals surface area contributed by atoms with Crippen LogP contribution in [0.3, 0.4) is 0 Å². The Morgan fingerprint density at radius 1 is 1.05 bits per heavy atom. The Balaban J connectivity index is 1.51. The van der Waals surface area contributed by atoms with E-state index in [9.17, 15) is 4.79 Å². The molecule has 2 amide bonds. The molecule has 1 aromatic heterocycles. The number of thiazole rings is 1. The normalized spacial score (nSPS) is 10.3. The molecule has 3 rings (SSSR count). The van der Waals surface area contributed by atoms with Gasteiger partial charge in [0, 0.05) is 6.54 Å². The number of nitrogens with one attached hydrogen (secondary N) is 3. The molecule has 0 fully saturated rings. The summed E-state index contributed by atoms with van der Waals surface area (Å²) in [6.07, 6.45) is 0. The van der Waals surface area contributed by atoms with Crippen LogP contribution in [-0.4, -0.2) is 11.0 Å². The molecular formula is C15H14N4OS. The van der Waals surface area contributed by atoms with E-state index in [1.54, 1.807) is 0 Å². The van der Waals surface area contributed by atoms with Gasteiger partial charge in [-0.15, -0.1) is 0 Å². The summed E-state index contributed by atoms with van der Waals surface area (Å²) in [6, 6.07) is 17.3. The summed E-state index contributed by atoms with van der Waals surface area (Å²) in [5, 5.41) is 3.43. The van der Waals surface area contributed by atoms with Crippen molar-refractivity contribution in [3.63, 3.8) is 0 Å². The van der Waals surface area contributed by atoms with Crippen LogP contribution >= 0.6 is 11.3 Å². The van der Waals surface area contributed by atoms with Crippen LogP contribution in [0.2, 0.25) is 0 Å². The number of rotatable bonds is 4. The zero-order valence-electron chi connectivity index (χ0n) is 11.2. The van der Waals surface area contributed by atoms with Gasteiger partial charge in [-0.2, -0.15) is 0 Å². The number of aromatic nitrogens is 1. The number of benzene rings is 2. The Kier molecular flexibility index (Phi) is 3.97. The second-order valence-electron chi connectivity index (χ2n) is 4.41. The molecule has 0 bridgehead atoms. The highest BCUT2D eigenvalue weighted by molar-refractivity contribution is 7.22. The quantitative estimate of drug-likeness (QED) is 0.648. The maximum absolute atomic E-state index is 11.7. The summed E-state index contributed by atoms with van der Waals surface area (Å²) in [6.45, 7) is 0.480. The van der Waals surface area contributed by atoms with E-state index in [1.165, 1.54) is 11.3 Å². The molecule has 21 heavy (non-hydrogen) atoms. The zero-order chi connectivity index (χ0) is 14.5. The maximum atomic E-state index is 11.7. The molecular weight excluding hydrogens is 284 g/mol. The highest BCUT2D eigenvalue weighted by Crippen LogP contribution is 2.24. The lowest BCUT2D eigenvalue weighted by Gasteiger charge is -2.07. The number of para-hydroxylation sites is 1. The molecule has 0 aliphatic rings. The van der Waals surface area contributed by atoms with Gasteiger partial charge in [-0.1, -0.05) is 53.8 Å². The van der Waals surface area contributed by atoms with E-state index in [4.69, 9.17) is 0 Å². The monoisotopic (exact) mass is 298 g/mol. The van der Waals surface area contributed by atoms with Gasteiger partial charge in [-0.3, -0.25) is 5.43 Å². The molecule has 0 saturated heterocycles. The highest BCUT2D eigenvalue weighted by Gasteiger charge is 2.04. The van der Waals surface area contributed by atoms with Gasteiger partial charge in [0.15, 0.2) is 0 Å². The molecule has 5 nitrogen and oxygen atoms in total. The van der Waals surface area contributed by atoms with Gasteiger partial charge in [-0.05, 0) is 17.7 Å². The van der Waals surface area contributed by atoms with Crippen LogP contribution in [0.25, 0.3) is 10.2 Å². The maximum Gasteiger partial charge on any atom is 0.333 e. The average Bonchev–Trinajstić information content (AvgIpc) is 2.95. The summed E-state index contributed by atoms with van der Waals surface area (Å²) < 4.78 is 1.08. The van der Waals surface area contributed by atoms with Crippen LogP contribution in [0.4, 0.5) is 9.93 Å². The van der Waals surface area contributed by atoms with Crippen LogP contribution in [-0.2, 0) is 6.54 Å². The van der Waals surface area contributed by atoms with Crippen molar-refractivity contribution in [2.45, 2.75) is 6.54 Å². The Morgan fingerprint density at radius 2 is 1.81 bits per heavy atom. The fraction of sp³-hybridized carbons (Fsp3) is 0.0667. The van der Waals surface area contributed by atoms with Gasteiger partial charge in [0.2, 0.25) is 5.13 Å². The highest BCUT2D eigenvalue weighted by atomic mass is 32.1. The third-order valence-corrected chi connectivity index (χ3v) is 3.82. The molecule has 0 unspecified atom stereocenters. The van der Waals surface area contributed by atoms with E-state index in [2.05, 4.69) is 21.2 Å². The summed E-state index contributed by atoms with van der Waals surface area (Å²) in [5.74, 6) is 0. The van der Waals surface area contributed by atoms with E-state index in [1.807, 2.05) is 54.6 Å². The molecule has 0 saturated carbocycles. The van der Waals surface area contributed by atoms with Gasteiger partial charge in [0.05, 0.1) is 10.2 Å². The Morgan fingerprint density at radius 3 is 2.62 bits per heavy atom. The molecule has 0 atom stereocenters. The first kappa shape index (κ1) is 13.4. The summed E-state index contributed by atoms with van der Waals surface area (Å²) in [5.41, 5.74) is 7.36. The van der Waals surface area contributed by atoms with Crippen molar-refractivity contribution < 1.29 is 4.79 Å². The minimum atomic E-state index is -0.293. The number of carbonyl (C=O) groups excluding carboxylic acids is 1. The third kappa shape index (κ3) is 3.49. The van der Waals surface area contributed by atoms with E-state index in [0.29, 0.717) is 11.7 Å². The minimum Gasteiger partial charge on any atom is -0.333 e. The van der Waals surface area contributed by atoms with Crippen LogP contribution in [0, 0.1) is 0 Å². The fourth-order valence-electron chi connectivity index (χ4n) is 1.86. The van der Waals surface area contributed by atoms with Crippen molar-refractivity contribution in [2.24, 2.45) is 0 Å². The standard InChI is InChI=1S/C15H14N4OS/c20-14(16-10-11-6-2-1-3-7-11)18-19-15-17-12-8-4-5-9-13(12)21-15/h1-9H,10H2,(H,17,19)(H2,16,18,20). The van der Waals surface area contributed by atoms with Crippen molar-refractivity contribution in [3.8, 4) is 0 Å². The number of carbonyl (C=O) groups is 1. The van der Waals surface area contributed by atoms with Gasteiger partial charge in [-0.25, -0.2) is 15.2 Å². The van der Waals surface area contributed by atoms with Crippen molar-refractivity contribution >= 4 is 32.7 Å². The van der Waals surface area contributed by atoms with Gasteiger partial charge < -0.3 is 5.32 Å². The van der Waals surface area contributed by atoms with Crippen LogP contribution in [0.1, 0.15) is 5.56 Å². The van der Waals surface area contributed by atoms with Gasteiger partial charge in [0.25, 0.3) is 0 Å². The molecule has 0 spiro atoms. The number of urea groups is 1. The zero-order valence-corrected chi connectivity index (χ0v) is 12.0. The molecule has 3 aromatic rings. The minimum absolute atomic E-state index is 0.293. The topological polar surface area (TPSA) is 66.1 Å². The Labute approximate surface area is 126 Å². The molecule has 6 heteroatoms. The first-order valence-corrected chi connectivity index (χ1v) is 7.32. The number of hydrogen-bond donors (Lipinski definition) is 3. The smallest absolute Gasteiger partial charge is 0.333 e. The van der Waals surface area contributed by atoms with E-state index in [0.717, 1.165) is 15.8 Å². The number of hydrogen-bond acceptors (Lipinski definition) is 4. The predicted molar refractivity (Wildman–Crippen MR) is 85.1 cm³/mol. The second kappa shape index (κ2) is 6.23. The lowest BCUT2D eigenvalue weighted by Crippen LogP contribution is -2.38. The van der Waals surface area contributed by atoms with Gasteiger partial charge in [0.1, 0.15) is 0 Å². The second-order valence-corrected chi connectivity index (χ2v) is 5.44.